The van der Waals surface area contributed by atoms with Gasteiger partial charge in [0, 0.05) is 39.0 Å². The third-order valence-electron chi connectivity index (χ3n) is 4.50. The first-order valence-electron chi connectivity index (χ1n) is 8.32. The summed E-state index contributed by atoms with van der Waals surface area (Å²) in [5.41, 5.74) is 0. The molecular formula is C16H29N3O2. The molecule has 2 fully saturated rings. The maximum Gasteiger partial charge on any atom is 0.222 e. The number of piperazine rings is 1. The fourth-order valence-corrected chi connectivity index (χ4v) is 3.13. The molecule has 1 N–H and O–H groups in total. The summed E-state index contributed by atoms with van der Waals surface area (Å²) in [7, 11) is 0. The van der Waals surface area contributed by atoms with Crippen LogP contribution in [0.5, 0.6) is 0 Å². The Morgan fingerprint density at radius 2 is 1.71 bits per heavy atom. The Balaban J connectivity index is 1.67. The van der Waals surface area contributed by atoms with Gasteiger partial charge in [-0.25, -0.2) is 0 Å². The predicted molar refractivity (Wildman–Crippen MR) is 82.8 cm³/mol. The number of nitrogens with one attached hydrogen (secondary N) is 1. The molecule has 0 aliphatic carbocycles. The molecule has 1 atom stereocenters. The van der Waals surface area contributed by atoms with E-state index in [4.69, 9.17) is 0 Å². The Hall–Kier alpha value is -1.10. The second kappa shape index (κ2) is 7.78. The summed E-state index contributed by atoms with van der Waals surface area (Å²) in [6, 6.07) is 0. The van der Waals surface area contributed by atoms with Crippen LogP contribution in [-0.4, -0.2) is 60.9 Å². The molecule has 2 aliphatic rings. The van der Waals surface area contributed by atoms with Crippen LogP contribution in [0.4, 0.5) is 0 Å². The topological polar surface area (TPSA) is 52.7 Å². The van der Waals surface area contributed by atoms with E-state index in [1.165, 1.54) is 6.42 Å². The van der Waals surface area contributed by atoms with Crippen molar-refractivity contribution in [2.45, 2.75) is 39.5 Å². The molecule has 2 aliphatic heterocycles. The van der Waals surface area contributed by atoms with E-state index >= 15 is 0 Å². The largest absolute Gasteiger partial charge is 0.339 e. The van der Waals surface area contributed by atoms with E-state index in [1.54, 1.807) is 0 Å². The molecule has 120 valence electrons. The van der Waals surface area contributed by atoms with Crippen molar-refractivity contribution in [1.29, 1.82) is 0 Å². The molecule has 2 rings (SSSR count). The van der Waals surface area contributed by atoms with E-state index in [0.717, 1.165) is 19.5 Å². The number of carbonyl (C=O) groups is 2. The number of hydrogen-bond acceptors (Lipinski definition) is 3. The van der Waals surface area contributed by atoms with Crippen molar-refractivity contribution in [2.75, 3.05) is 39.3 Å². The van der Waals surface area contributed by atoms with Crippen molar-refractivity contribution in [3.05, 3.63) is 0 Å². The summed E-state index contributed by atoms with van der Waals surface area (Å²) in [5.74, 6) is 1.56. The lowest BCUT2D eigenvalue weighted by atomic mass is 10.0. The smallest absolute Gasteiger partial charge is 0.222 e. The maximum atomic E-state index is 12.2. The summed E-state index contributed by atoms with van der Waals surface area (Å²) in [6.45, 7) is 9.08. The molecule has 21 heavy (non-hydrogen) atoms. The van der Waals surface area contributed by atoms with Gasteiger partial charge in [-0.2, -0.15) is 0 Å². The average Bonchev–Trinajstić information content (AvgIpc) is 2.97. The minimum atomic E-state index is 0.231. The summed E-state index contributed by atoms with van der Waals surface area (Å²) < 4.78 is 0. The summed E-state index contributed by atoms with van der Waals surface area (Å²) >= 11 is 0. The lowest BCUT2D eigenvalue weighted by Gasteiger charge is -2.35. The third-order valence-corrected chi connectivity index (χ3v) is 4.50. The van der Waals surface area contributed by atoms with Crippen molar-refractivity contribution in [2.24, 2.45) is 11.8 Å². The molecule has 1 unspecified atom stereocenters. The highest BCUT2D eigenvalue weighted by Gasteiger charge is 2.25. The number of rotatable bonds is 5. The van der Waals surface area contributed by atoms with E-state index < -0.39 is 0 Å². The van der Waals surface area contributed by atoms with Gasteiger partial charge in [-0.3, -0.25) is 9.59 Å². The van der Waals surface area contributed by atoms with E-state index in [0.29, 0.717) is 50.9 Å². The van der Waals surface area contributed by atoms with Crippen LogP contribution in [0.15, 0.2) is 0 Å². The van der Waals surface area contributed by atoms with Crippen molar-refractivity contribution in [1.82, 2.24) is 15.1 Å². The van der Waals surface area contributed by atoms with Gasteiger partial charge in [0.15, 0.2) is 0 Å². The van der Waals surface area contributed by atoms with Crippen LogP contribution in [0.25, 0.3) is 0 Å². The SMILES string of the molecule is CC(C)CC(=O)N1CCN(C(=O)CCC2CCNC2)CC1. The van der Waals surface area contributed by atoms with E-state index in [2.05, 4.69) is 19.2 Å². The van der Waals surface area contributed by atoms with E-state index in [9.17, 15) is 9.59 Å². The van der Waals surface area contributed by atoms with Crippen LogP contribution in [0.3, 0.4) is 0 Å². The molecule has 0 radical (unpaired) electrons. The monoisotopic (exact) mass is 295 g/mol. The van der Waals surface area contributed by atoms with Crippen LogP contribution in [0, 0.1) is 11.8 Å². The molecule has 0 bridgehead atoms. The zero-order chi connectivity index (χ0) is 15.2. The van der Waals surface area contributed by atoms with Gasteiger partial charge in [0.1, 0.15) is 0 Å². The molecule has 0 aromatic rings. The minimum Gasteiger partial charge on any atom is -0.339 e. The number of hydrogen-bond donors (Lipinski definition) is 1. The van der Waals surface area contributed by atoms with E-state index in [1.807, 2.05) is 9.80 Å². The number of carbonyl (C=O) groups excluding carboxylic acids is 2. The van der Waals surface area contributed by atoms with Gasteiger partial charge in [0.25, 0.3) is 0 Å². The fourth-order valence-electron chi connectivity index (χ4n) is 3.13. The van der Waals surface area contributed by atoms with Crippen LogP contribution >= 0.6 is 0 Å². The second-order valence-electron chi connectivity index (χ2n) is 6.76. The first-order valence-corrected chi connectivity index (χ1v) is 8.32. The second-order valence-corrected chi connectivity index (χ2v) is 6.76. The molecule has 2 saturated heterocycles. The Morgan fingerprint density at radius 1 is 1.10 bits per heavy atom. The highest BCUT2D eigenvalue weighted by molar-refractivity contribution is 5.78. The molecule has 0 saturated carbocycles. The summed E-state index contributed by atoms with van der Waals surface area (Å²) in [6.07, 6.45) is 3.47. The lowest BCUT2D eigenvalue weighted by Crippen LogP contribution is -2.50. The first kappa shape index (κ1) is 16.3. The highest BCUT2D eigenvalue weighted by atomic mass is 16.2. The molecule has 2 amide bonds. The number of amides is 2. The lowest BCUT2D eigenvalue weighted by molar-refractivity contribution is -0.140. The van der Waals surface area contributed by atoms with Gasteiger partial charge in [-0.1, -0.05) is 13.8 Å². The normalized spacial score (nSPS) is 22.9. The van der Waals surface area contributed by atoms with Gasteiger partial charge >= 0.3 is 0 Å². The molecule has 0 aromatic carbocycles. The maximum absolute atomic E-state index is 12.2. The molecule has 5 heteroatoms. The van der Waals surface area contributed by atoms with Crippen LogP contribution in [-0.2, 0) is 9.59 Å². The van der Waals surface area contributed by atoms with Crippen molar-refractivity contribution in [3.8, 4) is 0 Å². The molecule has 0 aromatic heterocycles. The first-order chi connectivity index (χ1) is 10.1. The Morgan fingerprint density at radius 3 is 2.24 bits per heavy atom. The molecule has 2 heterocycles. The van der Waals surface area contributed by atoms with Gasteiger partial charge in [0.2, 0.25) is 11.8 Å². The number of nitrogens with zero attached hydrogens (tertiary/aromatic N) is 2. The van der Waals surface area contributed by atoms with Crippen molar-refractivity contribution >= 4 is 11.8 Å². The third kappa shape index (κ3) is 4.99. The van der Waals surface area contributed by atoms with E-state index in [-0.39, 0.29) is 11.8 Å². The molecule has 5 nitrogen and oxygen atoms in total. The van der Waals surface area contributed by atoms with Crippen LogP contribution in [0.2, 0.25) is 0 Å². The van der Waals surface area contributed by atoms with Crippen molar-refractivity contribution < 1.29 is 9.59 Å². The Kier molecular flexibility index (Phi) is 6.03. The summed E-state index contributed by atoms with van der Waals surface area (Å²) in [4.78, 5) is 28.1. The van der Waals surface area contributed by atoms with Crippen LogP contribution in [0.1, 0.15) is 39.5 Å². The standard InChI is InChI=1S/C16H29N3O2/c1-13(2)11-16(21)19-9-7-18(8-10-19)15(20)4-3-14-5-6-17-12-14/h13-14,17H,3-12H2,1-2H3. The quantitative estimate of drug-likeness (QED) is 0.826. The zero-order valence-electron chi connectivity index (χ0n) is 13.4. The van der Waals surface area contributed by atoms with Crippen LogP contribution < -0.4 is 5.32 Å². The fraction of sp³-hybridized carbons (Fsp3) is 0.875. The summed E-state index contributed by atoms with van der Waals surface area (Å²) in [5, 5.41) is 3.34. The molecular weight excluding hydrogens is 266 g/mol. The van der Waals surface area contributed by atoms with Gasteiger partial charge < -0.3 is 15.1 Å². The molecule has 0 spiro atoms. The Bertz CT molecular complexity index is 357. The Labute approximate surface area is 128 Å². The van der Waals surface area contributed by atoms with Gasteiger partial charge in [0.05, 0.1) is 0 Å². The average molecular weight is 295 g/mol. The van der Waals surface area contributed by atoms with Crippen molar-refractivity contribution in [3.63, 3.8) is 0 Å². The minimum absolute atomic E-state index is 0.231. The zero-order valence-corrected chi connectivity index (χ0v) is 13.4. The predicted octanol–water partition coefficient (Wildman–Crippen LogP) is 1.09. The van der Waals surface area contributed by atoms with Gasteiger partial charge in [-0.15, -0.1) is 0 Å². The van der Waals surface area contributed by atoms with Gasteiger partial charge in [-0.05, 0) is 37.8 Å². The highest BCUT2D eigenvalue weighted by Crippen LogP contribution is 2.16.